The van der Waals surface area contributed by atoms with Crippen molar-refractivity contribution < 1.29 is 9.59 Å². The number of nitrogens with zero attached hydrogens (tertiary/aromatic N) is 1. The molecule has 2 amide bonds. The molecule has 0 aromatic heterocycles. The number of alkyl halides is 1. The van der Waals surface area contributed by atoms with Crippen LogP contribution in [-0.2, 0) is 16.0 Å². The van der Waals surface area contributed by atoms with Crippen molar-refractivity contribution in [2.24, 2.45) is 0 Å². The van der Waals surface area contributed by atoms with E-state index in [2.05, 4.69) is 5.32 Å². The molecule has 0 saturated heterocycles. The van der Waals surface area contributed by atoms with Gasteiger partial charge in [-0.3, -0.25) is 9.59 Å². The van der Waals surface area contributed by atoms with E-state index in [4.69, 9.17) is 23.2 Å². The summed E-state index contributed by atoms with van der Waals surface area (Å²) in [5, 5.41) is 4.03. The molecule has 0 spiro atoms. The van der Waals surface area contributed by atoms with Crippen molar-refractivity contribution in [1.82, 2.24) is 10.2 Å². The first-order valence-electron chi connectivity index (χ1n) is 11.5. The predicted octanol–water partition coefficient (Wildman–Crippen LogP) is 5.49. The van der Waals surface area contributed by atoms with Crippen molar-refractivity contribution in [3.8, 4) is 0 Å². The van der Waals surface area contributed by atoms with Gasteiger partial charge in [0.05, 0.1) is 0 Å². The Morgan fingerprint density at radius 2 is 1.57 bits per heavy atom. The molecule has 0 atom stereocenters. The number of amides is 2. The summed E-state index contributed by atoms with van der Waals surface area (Å²) in [4.78, 5) is 28.4. The number of hydrogen-bond donors (Lipinski definition) is 1. The number of rotatable bonds is 7. The number of carbonyl (C=O) groups is 2. The average Bonchev–Trinajstić information content (AvgIpc) is 3.04. The molecule has 4 nitrogen and oxygen atoms in total. The van der Waals surface area contributed by atoms with Crippen LogP contribution in [0.1, 0.15) is 76.2 Å². The Hall–Kier alpha value is -1.26. The molecule has 30 heavy (non-hydrogen) atoms. The van der Waals surface area contributed by atoms with E-state index in [1.165, 1.54) is 25.7 Å². The predicted molar refractivity (Wildman–Crippen MR) is 123 cm³/mol. The summed E-state index contributed by atoms with van der Waals surface area (Å²) in [6, 6.07) is 7.90. The fraction of sp³-hybridized carbons (Fsp3) is 0.667. The quantitative estimate of drug-likeness (QED) is 0.438. The number of carbonyl (C=O) groups excluding carboxylic acids is 2. The Bertz CT molecular complexity index is 694. The maximum absolute atomic E-state index is 13.7. The summed E-state index contributed by atoms with van der Waals surface area (Å²) in [6.07, 6.45) is 12.0. The molecule has 0 aliphatic heterocycles. The molecule has 0 heterocycles. The highest BCUT2D eigenvalue weighted by Gasteiger charge is 2.46. The van der Waals surface area contributed by atoms with Gasteiger partial charge in [0.25, 0.3) is 0 Å². The van der Waals surface area contributed by atoms with E-state index in [1.807, 2.05) is 24.3 Å². The molecule has 2 aliphatic carbocycles. The highest BCUT2D eigenvalue weighted by atomic mass is 35.5. The van der Waals surface area contributed by atoms with Gasteiger partial charge in [-0.2, -0.15) is 0 Å². The smallest absolute Gasteiger partial charge is 0.246 e. The van der Waals surface area contributed by atoms with E-state index in [-0.39, 0.29) is 23.7 Å². The van der Waals surface area contributed by atoms with Crippen LogP contribution in [0.2, 0.25) is 5.02 Å². The Kier molecular flexibility index (Phi) is 8.88. The van der Waals surface area contributed by atoms with Crippen LogP contribution in [-0.4, -0.2) is 40.7 Å². The zero-order valence-electron chi connectivity index (χ0n) is 17.8. The second-order valence-corrected chi connectivity index (χ2v) is 9.51. The highest BCUT2D eigenvalue weighted by Crippen LogP contribution is 2.35. The van der Waals surface area contributed by atoms with E-state index in [9.17, 15) is 9.59 Å². The van der Waals surface area contributed by atoms with Crippen molar-refractivity contribution >= 4 is 35.0 Å². The minimum atomic E-state index is -0.775. The summed E-state index contributed by atoms with van der Waals surface area (Å²) >= 11 is 12.0. The number of hydrogen-bond acceptors (Lipinski definition) is 2. The topological polar surface area (TPSA) is 49.4 Å². The van der Waals surface area contributed by atoms with Gasteiger partial charge in [-0.25, -0.2) is 0 Å². The zero-order valence-corrected chi connectivity index (χ0v) is 19.3. The fourth-order valence-electron chi connectivity index (χ4n) is 5.04. The summed E-state index contributed by atoms with van der Waals surface area (Å²) in [7, 11) is 0. The van der Waals surface area contributed by atoms with E-state index in [1.54, 1.807) is 4.90 Å². The standard InChI is InChI=1S/C24H34Cl2N2O2/c25-18-22(29)28(17-14-19-10-12-20(26)13-11-19)24(15-6-3-7-16-24)23(30)27-21-8-4-1-2-5-9-21/h10-13,21H,1-9,14-18H2,(H,27,30). The molecule has 1 aromatic carbocycles. The normalized spacial score (nSPS) is 19.7. The Morgan fingerprint density at radius 1 is 0.967 bits per heavy atom. The molecule has 1 aromatic rings. The van der Waals surface area contributed by atoms with Gasteiger partial charge in [0.2, 0.25) is 11.8 Å². The third-order valence-corrected chi connectivity index (χ3v) is 7.24. The Labute approximate surface area is 190 Å². The molecular formula is C24H34Cl2N2O2. The number of nitrogens with one attached hydrogen (secondary N) is 1. The monoisotopic (exact) mass is 452 g/mol. The lowest BCUT2D eigenvalue weighted by atomic mass is 9.78. The van der Waals surface area contributed by atoms with Crippen LogP contribution in [0, 0.1) is 0 Å². The molecule has 1 N–H and O–H groups in total. The molecule has 166 valence electrons. The second kappa shape index (κ2) is 11.4. The molecule has 6 heteroatoms. The summed E-state index contributed by atoms with van der Waals surface area (Å²) < 4.78 is 0. The van der Waals surface area contributed by atoms with Gasteiger partial charge in [0.15, 0.2) is 0 Å². The van der Waals surface area contributed by atoms with Gasteiger partial charge in [-0.15, -0.1) is 11.6 Å². The van der Waals surface area contributed by atoms with Crippen molar-refractivity contribution in [2.45, 2.75) is 88.6 Å². The first-order valence-corrected chi connectivity index (χ1v) is 12.4. The first kappa shape index (κ1) is 23.4. The number of benzene rings is 1. The molecule has 2 aliphatic rings. The highest BCUT2D eigenvalue weighted by molar-refractivity contribution is 6.30. The molecule has 0 unspecified atom stereocenters. The van der Waals surface area contributed by atoms with Gasteiger partial charge in [0.1, 0.15) is 11.4 Å². The van der Waals surface area contributed by atoms with Crippen LogP contribution in [0.15, 0.2) is 24.3 Å². The van der Waals surface area contributed by atoms with Crippen LogP contribution in [0.3, 0.4) is 0 Å². The third-order valence-electron chi connectivity index (χ3n) is 6.76. The molecule has 2 saturated carbocycles. The van der Waals surface area contributed by atoms with Crippen LogP contribution in [0.25, 0.3) is 0 Å². The maximum Gasteiger partial charge on any atom is 0.246 e. The molecule has 3 rings (SSSR count). The van der Waals surface area contributed by atoms with Crippen molar-refractivity contribution in [3.63, 3.8) is 0 Å². The Morgan fingerprint density at radius 3 is 2.17 bits per heavy atom. The van der Waals surface area contributed by atoms with Gasteiger partial charge in [0, 0.05) is 17.6 Å². The lowest BCUT2D eigenvalue weighted by Crippen LogP contribution is -2.63. The van der Waals surface area contributed by atoms with Crippen LogP contribution in [0.5, 0.6) is 0 Å². The van der Waals surface area contributed by atoms with Gasteiger partial charge >= 0.3 is 0 Å². The minimum absolute atomic E-state index is 0.0312. The van der Waals surface area contributed by atoms with Crippen LogP contribution < -0.4 is 5.32 Å². The van der Waals surface area contributed by atoms with Gasteiger partial charge in [-0.1, -0.05) is 68.7 Å². The lowest BCUT2D eigenvalue weighted by molar-refractivity contribution is -0.149. The van der Waals surface area contributed by atoms with E-state index < -0.39 is 5.54 Å². The van der Waals surface area contributed by atoms with Crippen molar-refractivity contribution in [1.29, 1.82) is 0 Å². The molecule has 0 radical (unpaired) electrons. The fourth-order valence-corrected chi connectivity index (χ4v) is 5.31. The maximum atomic E-state index is 13.7. The molecular weight excluding hydrogens is 419 g/mol. The third kappa shape index (κ3) is 5.91. The molecule has 2 fully saturated rings. The summed E-state index contributed by atoms with van der Waals surface area (Å²) in [6.45, 7) is 0.491. The van der Waals surface area contributed by atoms with E-state index in [0.717, 1.165) is 50.5 Å². The lowest BCUT2D eigenvalue weighted by Gasteiger charge is -2.45. The zero-order chi connectivity index (χ0) is 21.4. The van der Waals surface area contributed by atoms with E-state index >= 15 is 0 Å². The minimum Gasteiger partial charge on any atom is -0.351 e. The van der Waals surface area contributed by atoms with E-state index in [0.29, 0.717) is 18.0 Å². The van der Waals surface area contributed by atoms with Gasteiger partial charge in [-0.05, 0) is 49.8 Å². The van der Waals surface area contributed by atoms with Crippen molar-refractivity contribution in [2.75, 3.05) is 12.4 Å². The SMILES string of the molecule is O=C(CCl)N(CCc1ccc(Cl)cc1)C1(C(=O)NC2CCCCCC2)CCCCC1. The molecule has 0 bridgehead atoms. The van der Waals surface area contributed by atoms with Gasteiger partial charge < -0.3 is 10.2 Å². The number of halogens is 2. The summed E-state index contributed by atoms with van der Waals surface area (Å²) in [5.41, 5.74) is 0.324. The Balaban J connectivity index is 1.79. The average molecular weight is 453 g/mol. The van der Waals surface area contributed by atoms with Crippen LogP contribution >= 0.6 is 23.2 Å². The second-order valence-electron chi connectivity index (χ2n) is 8.81. The summed E-state index contributed by atoms with van der Waals surface area (Å²) in [5.74, 6) is -0.216. The first-order chi connectivity index (χ1) is 14.5. The van der Waals surface area contributed by atoms with Crippen LogP contribution in [0.4, 0.5) is 0 Å². The van der Waals surface area contributed by atoms with Crippen molar-refractivity contribution in [3.05, 3.63) is 34.9 Å². The largest absolute Gasteiger partial charge is 0.351 e.